The standard InChI is InChI=1S/C22H34O3/c1-6-22(7-2,23-5)13-8-9-17(3)12-14-24-20-11-10-19-15-18(4)25-21(19)16-20/h10-12,16,18H,6-9,13-15H2,1-5H3/b17-12+. The van der Waals surface area contributed by atoms with E-state index < -0.39 is 0 Å². The second-order valence-electron chi connectivity index (χ2n) is 7.21. The predicted molar refractivity (Wildman–Crippen MR) is 104 cm³/mol. The Labute approximate surface area is 153 Å². The molecule has 1 atom stereocenters. The van der Waals surface area contributed by atoms with Crippen LogP contribution in [0.25, 0.3) is 0 Å². The van der Waals surface area contributed by atoms with Crippen molar-refractivity contribution in [2.24, 2.45) is 0 Å². The number of hydrogen-bond acceptors (Lipinski definition) is 3. The highest BCUT2D eigenvalue weighted by molar-refractivity contribution is 5.43. The first kappa shape index (κ1) is 19.8. The Kier molecular flexibility index (Phi) is 7.37. The van der Waals surface area contributed by atoms with Crippen LogP contribution in [0.1, 0.15) is 65.4 Å². The zero-order valence-electron chi connectivity index (χ0n) is 16.6. The van der Waals surface area contributed by atoms with Gasteiger partial charge in [-0.15, -0.1) is 0 Å². The molecule has 0 amide bonds. The largest absolute Gasteiger partial charge is 0.490 e. The average Bonchev–Trinajstić information content (AvgIpc) is 2.98. The van der Waals surface area contributed by atoms with Crippen molar-refractivity contribution in [3.05, 3.63) is 35.4 Å². The van der Waals surface area contributed by atoms with Crippen molar-refractivity contribution in [1.82, 2.24) is 0 Å². The molecule has 0 aromatic heterocycles. The molecule has 0 spiro atoms. The molecular formula is C22H34O3. The summed E-state index contributed by atoms with van der Waals surface area (Å²) in [7, 11) is 1.84. The fraction of sp³-hybridized carbons (Fsp3) is 0.636. The van der Waals surface area contributed by atoms with Crippen LogP contribution in [0.5, 0.6) is 11.5 Å². The lowest BCUT2D eigenvalue weighted by Crippen LogP contribution is -2.29. The highest BCUT2D eigenvalue weighted by atomic mass is 16.5. The molecule has 0 N–H and O–H groups in total. The van der Waals surface area contributed by atoms with Gasteiger partial charge in [0.1, 0.15) is 24.2 Å². The summed E-state index contributed by atoms with van der Waals surface area (Å²) in [5.74, 6) is 1.85. The third kappa shape index (κ3) is 5.50. The molecule has 1 aliphatic heterocycles. The topological polar surface area (TPSA) is 27.7 Å². The molecule has 0 saturated heterocycles. The quantitative estimate of drug-likeness (QED) is 0.508. The van der Waals surface area contributed by atoms with Gasteiger partial charge in [0.15, 0.2) is 0 Å². The summed E-state index contributed by atoms with van der Waals surface area (Å²) in [4.78, 5) is 0. The minimum absolute atomic E-state index is 0.0539. The van der Waals surface area contributed by atoms with Crippen molar-refractivity contribution < 1.29 is 14.2 Å². The summed E-state index contributed by atoms with van der Waals surface area (Å²) in [5, 5.41) is 0. The molecule has 0 saturated carbocycles. The summed E-state index contributed by atoms with van der Waals surface area (Å²) < 4.78 is 17.4. The molecule has 3 nitrogen and oxygen atoms in total. The van der Waals surface area contributed by atoms with E-state index in [1.165, 1.54) is 11.1 Å². The van der Waals surface area contributed by atoms with Crippen molar-refractivity contribution in [2.45, 2.75) is 77.9 Å². The normalized spacial score (nSPS) is 17.3. The molecule has 1 aliphatic rings. The molecule has 3 heteroatoms. The van der Waals surface area contributed by atoms with Gasteiger partial charge in [0, 0.05) is 19.6 Å². The van der Waals surface area contributed by atoms with Crippen LogP contribution in [0, 0.1) is 0 Å². The Hall–Kier alpha value is -1.48. The van der Waals surface area contributed by atoms with Crippen LogP contribution >= 0.6 is 0 Å². The van der Waals surface area contributed by atoms with E-state index >= 15 is 0 Å². The van der Waals surface area contributed by atoms with Gasteiger partial charge >= 0.3 is 0 Å². The monoisotopic (exact) mass is 346 g/mol. The van der Waals surface area contributed by atoms with E-state index in [-0.39, 0.29) is 11.7 Å². The SMILES string of the molecule is CCC(CC)(CCC/C(C)=C/COc1ccc2c(c1)OC(C)C2)OC. The Bertz CT molecular complexity index is 564. The van der Waals surface area contributed by atoms with Crippen LogP contribution in [0.15, 0.2) is 29.8 Å². The fourth-order valence-electron chi connectivity index (χ4n) is 3.54. The van der Waals surface area contributed by atoms with Crippen LogP contribution in [-0.2, 0) is 11.2 Å². The Morgan fingerprint density at radius 2 is 2.08 bits per heavy atom. The molecule has 1 unspecified atom stereocenters. The third-order valence-electron chi connectivity index (χ3n) is 5.48. The molecule has 1 aromatic carbocycles. The molecule has 0 bridgehead atoms. The predicted octanol–water partition coefficient (Wildman–Crippen LogP) is 5.71. The van der Waals surface area contributed by atoms with E-state index in [0.29, 0.717) is 6.61 Å². The summed E-state index contributed by atoms with van der Waals surface area (Å²) >= 11 is 0. The average molecular weight is 347 g/mol. The number of allylic oxidation sites excluding steroid dienone is 1. The van der Waals surface area contributed by atoms with Crippen LogP contribution in [0.3, 0.4) is 0 Å². The van der Waals surface area contributed by atoms with Gasteiger partial charge in [0.05, 0.1) is 5.60 Å². The minimum Gasteiger partial charge on any atom is -0.490 e. The molecule has 0 radical (unpaired) electrons. The minimum atomic E-state index is 0.0539. The first-order valence-electron chi connectivity index (χ1n) is 9.65. The highest BCUT2D eigenvalue weighted by Crippen LogP contribution is 2.32. The van der Waals surface area contributed by atoms with Crippen molar-refractivity contribution in [2.75, 3.05) is 13.7 Å². The summed E-state index contributed by atoms with van der Waals surface area (Å²) in [5.41, 5.74) is 2.71. The lowest BCUT2D eigenvalue weighted by Gasteiger charge is -2.30. The van der Waals surface area contributed by atoms with Crippen molar-refractivity contribution in [1.29, 1.82) is 0 Å². The van der Waals surface area contributed by atoms with E-state index in [1.54, 1.807) is 0 Å². The number of benzene rings is 1. The second-order valence-corrected chi connectivity index (χ2v) is 7.21. The highest BCUT2D eigenvalue weighted by Gasteiger charge is 2.24. The smallest absolute Gasteiger partial charge is 0.126 e. The van der Waals surface area contributed by atoms with Crippen molar-refractivity contribution >= 4 is 0 Å². The summed E-state index contributed by atoms with van der Waals surface area (Å²) in [6, 6.07) is 6.17. The van der Waals surface area contributed by atoms with E-state index in [9.17, 15) is 0 Å². The summed E-state index contributed by atoms with van der Waals surface area (Å²) in [6.07, 6.45) is 8.97. The van der Waals surface area contributed by atoms with Crippen LogP contribution in [0.2, 0.25) is 0 Å². The second kappa shape index (κ2) is 9.28. The van der Waals surface area contributed by atoms with Crippen molar-refractivity contribution in [3.63, 3.8) is 0 Å². The number of rotatable bonds is 10. The van der Waals surface area contributed by atoms with Crippen LogP contribution in [-0.4, -0.2) is 25.4 Å². The molecule has 2 rings (SSSR count). The maximum atomic E-state index is 5.87. The Morgan fingerprint density at radius 3 is 2.76 bits per heavy atom. The van der Waals surface area contributed by atoms with E-state index in [2.05, 4.69) is 39.8 Å². The zero-order chi connectivity index (χ0) is 18.3. The molecule has 1 aromatic rings. The van der Waals surface area contributed by atoms with Crippen LogP contribution in [0.4, 0.5) is 0 Å². The first-order chi connectivity index (χ1) is 12.0. The Morgan fingerprint density at radius 1 is 1.32 bits per heavy atom. The van der Waals surface area contributed by atoms with Gasteiger partial charge in [-0.2, -0.15) is 0 Å². The van der Waals surface area contributed by atoms with Crippen LogP contribution < -0.4 is 9.47 Å². The molecule has 25 heavy (non-hydrogen) atoms. The molecule has 0 fully saturated rings. The number of hydrogen-bond donors (Lipinski definition) is 0. The van der Waals surface area contributed by atoms with Gasteiger partial charge in [-0.3, -0.25) is 0 Å². The zero-order valence-corrected chi connectivity index (χ0v) is 16.6. The van der Waals surface area contributed by atoms with Gasteiger partial charge in [0.25, 0.3) is 0 Å². The Balaban J connectivity index is 1.75. The molecular weight excluding hydrogens is 312 g/mol. The molecule has 0 aliphatic carbocycles. The fourth-order valence-corrected chi connectivity index (χ4v) is 3.54. The number of fused-ring (bicyclic) bond motifs is 1. The lowest BCUT2D eigenvalue weighted by molar-refractivity contribution is -0.0250. The van der Waals surface area contributed by atoms with E-state index in [0.717, 1.165) is 50.0 Å². The number of methoxy groups -OCH3 is 1. The van der Waals surface area contributed by atoms with Gasteiger partial charge in [0.2, 0.25) is 0 Å². The lowest BCUT2D eigenvalue weighted by atomic mass is 9.90. The van der Waals surface area contributed by atoms with Crippen molar-refractivity contribution in [3.8, 4) is 11.5 Å². The summed E-state index contributed by atoms with van der Waals surface area (Å²) in [6.45, 7) is 9.32. The van der Waals surface area contributed by atoms with E-state index in [4.69, 9.17) is 14.2 Å². The maximum Gasteiger partial charge on any atom is 0.126 e. The molecule has 140 valence electrons. The van der Waals surface area contributed by atoms with Gasteiger partial charge in [-0.1, -0.05) is 25.5 Å². The molecule has 1 heterocycles. The van der Waals surface area contributed by atoms with Gasteiger partial charge in [-0.25, -0.2) is 0 Å². The number of ether oxygens (including phenoxy) is 3. The van der Waals surface area contributed by atoms with Gasteiger partial charge < -0.3 is 14.2 Å². The first-order valence-corrected chi connectivity index (χ1v) is 9.65. The van der Waals surface area contributed by atoms with Gasteiger partial charge in [-0.05, 0) is 63.7 Å². The van der Waals surface area contributed by atoms with E-state index in [1.807, 2.05) is 19.2 Å². The maximum absolute atomic E-state index is 5.87. The third-order valence-corrected chi connectivity index (χ3v) is 5.48.